The van der Waals surface area contributed by atoms with Gasteiger partial charge in [-0.25, -0.2) is 0 Å². The molecule has 1 saturated heterocycles. The second-order valence-electron chi connectivity index (χ2n) is 5.18. The van der Waals surface area contributed by atoms with Crippen LogP contribution in [0.3, 0.4) is 0 Å². The topological polar surface area (TPSA) is 29.5 Å². The van der Waals surface area contributed by atoms with Gasteiger partial charge in [-0.2, -0.15) is 0 Å². The molecule has 3 nitrogen and oxygen atoms in total. The standard InChI is InChI=1S/C17H21NO2/c1-4-12-18-13-11-17(14(18)3,20-16(19)5-2)15-9-7-6-8-10-15/h1,6-10,14H,5,11-13H2,2-3H3/t14-,17-/m0/s1. The van der Waals surface area contributed by atoms with Crippen molar-refractivity contribution < 1.29 is 9.53 Å². The minimum atomic E-state index is -0.578. The highest BCUT2D eigenvalue weighted by molar-refractivity contribution is 5.70. The van der Waals surface area contributed by atoms with E-state index in [0.29, 0.717) is 13.0 Å². The molecule has 1 aliphatic heterocycles. The highest BCUT2D eigenvalue weighted by Gasteiger charge is 2.48. The highest BCUT2D eigenvalue weighted by atomic mass is 16.6. The van der Waals surface area contributed by atoms with Crippen LogP contribution in [-0.2, 0) is 15.1 Å². The first kappa shape index (κ1) is 14.6. The molecule has 0 radical (unpaired) electrons. The number of rotatable bonds is 4. The van der Waals surface area contributed by atoms with Crippen molar-refractivity contribution in [1.82, 2.24) is 4.90 Å². The van der Waals surface area contributed by atoms with Crippen LogP contribution in [0.1, 0.15) is 32.3 Å². The summed E-state index contributed by atoms with van der Waals surface area (Å²) in [5.74, 6) is 2.52. The molecule has 0 N–H and O–H groups in total. The van der Waals surface area contributed by atoms with Gasteiger partial charge in [0.1, 0.15) is 0 Å². The van der Waals surface area contributed by atoms with Gasteiger partial charge in [-0.3, -0.25) is 9.69 Å². The van der Waals surface area contributed by atoms with E-state index in [1.54, 1.807) is 0 Å². The van der Waals surface area contributed by atoms with Gasteiger partial charge in [0.05, 0.1) is 12.6 Å². The second kappa shape index (κ2) is 6.11. The van der Waals surface area contributed by atoms with Crippen molar-refractivity contribution in [3.05, 3.63) is 35.9 Å². The normalized spacial score (nSPS) is 26.1. The number of hydrogen-bond donors (Lipinski definition) is 0. The number of nitrogens with zero attached hydrogens (tertiary/aromatic N) is 1. The fraction of sp³-hybridized carbons (Fsp3) is 0.471. The van der Waals surface area contributed by atoms with Crippen LogP contribution in [0.4, 0.5) is 0 Å². The van der Waals surface area contributed by atoms with E-state index in [0.717, 1.165) is 18.5 Å². The van der Waals surface area contributed by atoms with E-state index in [9.17, 15) is 4.79 Å². The number of esters is 1. The van der Waals surface area contributed by atoms with Gasteiger partial charge in [0, 0.05) is 19.4 Å². The van der Waals surface area contributed by atoms with Crippen molar-refractivity contribution in [2.75, 3.05) is 13.1 Å². The molecule has 20 heavy (non-hydrogen) atoms. The monoisotopic (exact) mass is 271 g/mol. The van der Waals surface area contributed by atoms with Gasteiger partial charge in [0.2, 0.25) is 0 Å². The zero-order chi connectivity index (χ0) is 14.6. The number of benzene rings is 1. The summed E-state index contributed by atoms with van der Waals surface area (Å²) in [6, 6.07) is 10.1. The van der Waals surface area contributed by atoms with Crippen LogP contribution in [0, 0.1) is 12.3 Å². The van der Waals surface area contributed by atoms with Crippen LogP contribution in [0.15, 0.2) is 30.3 Å². The Labute approximate surface area is 120 Å². The molecule has 1 fully saturated rings. The Morgan fingerprint density at radius 1 is 1.50 bits per heavy atom. The largest absolute Gasteiger partial charge is 0.452 e. The predicted octanol–water partition coefficient (Wildman–Crippen LogP) is 2.56. The lowest BCUT2D eigenvalue weighted by Crippen LogP contribution is -2.43. The minimum Gasteiger partial charge on any atom is -0.452 e. The summed E-state index contributed by atoms with van der Waals surface area (Å²) in [5.41, 5.74) is 0.472. The number of carbonyl (C=O) groups excluding carboxylic acids is 1. The second-order valence-corrected chi connectivity index (χ2v) is 5.18. The summed E-state index contributed by atoms with van der Waals surface area (Å²) in [5, 5.41) is 0. The molecule has 0 aliphatic carbocycles. The fourth-order valence-electron chi connectivity index (χ4n) is 2.92. The SMILES string of the molecule is C#CCN1CC[C@@](OC(=O)CC)(c2ccccc2)[C@@H]1C. The van der Waals surface area contributed by atoms with Crippen LogP contribution in [0.2, 0.25) is 0 Å². The summed E-state index contributed by atoms with van der Waals surface area (Å²) < 4.78 is 5.87. The molecule has 0 aromatic heterocycles. The molecule has 0 amide bonds. The molecule has 0 unspecified atom stereocenters. The first-order valence-electron chi connectivity index (χ1n) is 7.09. The maximum atomic E-state index is 11.9. The lowest BCUT2D eigenvalue weighted by molar-refractivity contribution is -0.163. The molecule has 1 aromatic rings. The van der Waals surface area contributed by atoms with Crippen LogP contribution in [0.25, 0.3) is 0 Å². The zero-order valence-corrected chi connectivity index (χ0v) is 12.1. The van der Waals surface area contributed by atoms with Crippen LogP contribution in [-0.4, -0.2) is 30.0 Å². The maximum Gasteiger partial charge on any atom is 0.306 e. The number of terminal acetylenes is 1. The quantitative estimate of drug-likeness (QED) is 0.622. The van der Waals surface area contributed by atoms with Gasteiger partial charge in [-0.15, -0.1) is 6.42 Å². The Morgan fingerprint density at radius 3 is 2.80 bits per heavy atom. The molecule has 106 valence electrons. The van der Waals surface area contributed by atoms with Gasteiger partial charge in [0.15, 0.2) is 5.60 Å². The molecule has 0 saturated carbocycles. The predicted molar refractivity (Wildman–Crippen MR) is 79.0 cm³/mol. The molecule has 1 aliphatic rings. The Balaban J connectivity index is 2.36. The molecule has 2 rings (SSSR count). The van der Waals surface area contributed by atoms with Gasteiger partial charge < -0.3 is 4.74 Å². The van der Waals surface area contributed by atoms with Crippen LogP contribution < -0.4 is 0 Å². The zero-order valence-electron chi connectivity index (χ0n) is 12.1. The lowest BCUT2D eigenvalue weighted by atomic mass is 9.87. The van der Waals surface area contributed by atoms with E-state index < -0.39 is 5.60 Å². The van der Waals surface area contributed by atoms with Gasteiger partial charge in [-0.1, -0.05) is 43.2 Å². The Bertz CT molecular complexity index is 505. The molecule has 2 atom stereocenters. The van der Waals surface area contributed by atoms with Gasteiger partial charge in [-0.05, 0) is 12.5 Å². The van der Waals surface area contributed by atoms with Crippen molar-refractivity contribution in [1.29, 1.82) is 0 Å². The number of ether oxygens (including phenoxy) is 1. The minimum absolute atomic E-state index is 0.0800. The van der Waals surface area contributed by atoms with Crippen molar-refractivity contribution in [3.63, 3.8) is 0 Å². The summed E-state index contributed by atoms with van der Waals surface area (Å²) in [6.45, 7) is 5.33. The molecule has 3 heteroatoms. The molecule has 1 aromatic carbocycles. The van der Waals surface area contributed by atoms with Crippen molar-refractivity contribution in [2.45, 2.75) is 38.3 Å². The summed E-state index contributed by atoms with van der Waals surface area (Å²) >= 11 is 0. The van der Waals surface area contributed by atoms with Crippen molar-refractivity contribution in [3.8, 4) is 12.3 Å². The average molecular weight is 271 g/mol. The summed E-state index contributed by atoms with van der Waals surface area (Å²) in [6.07, 6.45) is 6.59. The number of likely N-dealkylation sites (tertiary alicyclic amines) is 1. The number of hydrogen-bond acceptors (Lipinski definition) is 3. The van der Waals surface area contributed by atoms with E-state index in [-0.39, 0.29) is 12.0 Å². The summed E-state index contributed by atoms with van der Waals surface area (Å²) in [4.78, 5) is 14.1. The third kappa shape index (κ3) is 2.57. The van der Waals surface area contributed by atoms with Gasteiger partial charge in [0.25, 0.3) is 0 Å². The lowest BCUT2D eigenvalue weighted by Gasteiger charge is -2.35. The van der Waals surface area contributed by atoms with E-state index in [1.165, 1.54) is 0 Å². The maximum absolute atomic E-state index is 11.9. The third-order valence-corrected chi connectivity index (χ3v) is 4.13. The van der Waals surface area contributed by atoms with Crippen LogP contribution >= 0.6 is 0 Å². The van der Waals surface area contributed by atoms with Gasteiger partial charge >= 0.3 is 5.97 Å². The fourth-order valence-corrected chi connectivity index (χ4v) is 2.92. The molecule has 1 heterocycles. The molecular formula is C17H21NO2. The Hall–Kier alpha value is -1.79. The Kier molecular flexibility index (Phi) is 4.46. The third-order valence-electron chi connectivity index (χ3n) is 4.13. The average Bonchev–Trinajstić information content (AvgIpc) is 2.79. The molecular weight excluding hydrogens is 250 g/mol. The van der Waals surface area contributed by atoms with E-state index in [4.69, 9.17) is 11.2 Å². The Morgan fingerprint density at radius 2 is 2.20 bits per heavy atom. The smallest absolute Gasteiger partial charge is 0.306 e. The van der Waals surface area contributed by atoms with E-state index >= 15 is 0 Å². The highest BCUT2D eigenvalue weighted by Crippen LogP contribution is 2.41. The first-order valence-corrected chi connectivity index (χ1v) is 7.09. The summed E-state index contributed by atoms with van der Waals surface area (Å²) in [7, 11) is 0. The molecule has 0 spiro atoms. The molecule has 0 bridgehead atoms. The van der Waals surface area contributed by atoms with Crippen LogP contribution in [0.5, 0.6) is 0 Å². The first-order chi connectivity index (χ1) is 9.64. The van der Waals surface area contributed by atoms with Crippen molar-refractivity contribution >= 4 is 5.97 Å². The van der Waals surface area contributed by atoms with Crippen molar-refractivity contribution in [2.24, 2.45) is 0 Å². The number of carbonyl (C=O) groups is 1. The van der Waals surface area contributed by atoms with E-state index in [1.807, 2.05) is 37.3 Å². The van der Waals surface area contributed by atoms with E-state index in [2.05, 4.69) is 17.7 Å².